The van der Waals surface area contributed by atoms with Crippen LogP contribution >= 0.6 is 0 Å². The molecule has 1 N–H and O–H groups in total. The molecule has 1 fully saturated rings. The fraction of sp³-hybridized carbons (Fsp3) is 0.455. The monoisotopic (exact) mass is 197 g/mol. The first-order valence-corrected chi connectivity index (χ1v) is 4.93. The maximum atomic E-state index is 13.4. The van der Waals surface area contributed by atoms with Gasteiger partial charge >= 0.3 is 0 Å². The minimum atomic E-state index is -0.500. The largest absolute Gasteiger partial charge is 0.317 e. The van der Waals surface area contributed by atoms with Gasteiger partial charge in [-0.05, 0) is 43.5 Å². The molecule has 0 saturated carbocycles. The molecule has 0 atom stereocenters. The van der Waals surface area contributed by atoms with Crippen LogP contribution in [0.3, 0.4) is 0 Å². The van der Waals surface area contributed by atoms with Crippen LogP contribution in [0.25, 0.3) is 0 Å². The highest BCUT2D eigenvalue weighted by Gasteiger charge is 2.18. The third-order valence-electron chi connectivity index (χ3n) is 2.74. The van der Waals surface area contributed by atoms with Crippen LogP contribution in [0.4, 0.5) is 8.78 Å². The molecule has 3 heteroatoms. The van der Waals surface area contributed by atoms with Crippen LogP contribution in [-0.2, 0) is 0 Å². The SMILES string of the molecule is Fc1ccc(C2CCNCC2)c(F)c1. The van der Waals surface area contributed by atoms with Gasteiger partial charge in [-0.3, -0.25) is 0 Å². The van der Waals surface area contributed by atoms with Gasteiger partial charge in [0.2, 0.25) is 0 Å². The van der Waals surface area contributed by atoms with Gasteiger partial charge in [-0.15, -0.1) is 0 Å². The topological polar surface area (TPSA) is 12.0 Å². The first-order chi connectivity index (χ1) is 6.77. The van der Waals surface area contributed by atoms with E-state index in [4.69, 9.17) is 0 Å². The van der Waals surface area contributed by atoms with Crippen molar-refractivity contribution in [1.29, 1.82) is 0 Å². The van der Waals surface area contributed by atoms with Gasteiger partial charge < -0.3 is 5.32 Å². The number of halogens is 2. The number of rotatable bonds is 1. The van der Waals surface area contributed by atoms with E-state index in [1.165, 1.54) is 6.07 Å². The van der Waals surface area contributed by atoms with E-state index in [1.54, 1.807) is 6.07 Å². The van der Waals surface area contributed by atoms with E-state index < -0.39 is 11.6 Å². The molecule has 1 aliphatic heterocycles. The minimum Gasteiger partial charge on any atom is -0.317 e. The zero-order valence-corrected chi connectivity index (χ0v) is 7.89. The van der Waals surface area contributed by atoms with Gasteiger partial charge in [0.15, 0.2) is 0 Å². The average Bonchev–Trinajstić information content (AvgIpc) is 2.19. The fourth-order valence-electron chi connectivity index (χ4n) is 1.97. The molecule has 0 unspecified atom stereocenters. The van der Waals surface area contributed by atoms with E-state index in [1.807, 2.05) is 0 Å². The third-order valence-corrected chi connectivity index (χ3v) is 2.74. The minimum absolute atomic E-state index is 0.247. The van der Waals surface area contributed by atoms with Gasteiger partial charge in [-0.2, -0.15) is 0 Å². The summed E-state index contributed by atoms with van der Waals surface area (Å²) in [6.45, 7) is 1.84. The zero-order valence-electron chi connectivity index (χ0n) is 7.89. The van der Waals surface area contributed by atoms with Gasteiger partial charge in [-0.1, -0.05) is 6.07 Å². The van der Waals surface area contributed by atoms with E-state index >= 15 is 0 Å². The van der Waals surface area contributed by atoms with Crippen molar-refractivity contribution in [3.63, 3.8) is 0 Å². The van der Waals surface area contributed by atoms with Gasteiger partial charge in [0.1, 0.15) is 11.6 Å². The quantitative estimate of drug-likeness (QED) is 0.729. The molecule has 1 saturated heterocycles. The van der Waals surface area contributed by atoms with Crippen LogP contribution in [0.1, 0.15) is 24.3 Å². The Hall–Kier alpha value is -0.960. The third kappa shape index (κ3) is 1.93. The highest BCUT2D eigenvalue weighted by atomic mass is 19.1. The predicted molar refractivity (Wildman–Crippen MR) is 51.2 cm³/mol. The van der Waals surface area contributed by atoms with E-state index in [0.717, 1.165) is 32.0 Å². The van der Waals surface area contributed by atoms with Crippen molar-refractivity contribution in [3.8, 4) is 0 Å². The maximum absolute atomic E-state index is 13.4. The second-order valence-corrected chi connectivity index (χ2v) is 3.69. The summed E-state index contributed by atoms with van der Waals surface area (Å²) in [4.78, 5) is 0. The summed E-state index contributed by atoms with van der Waals surface area (Å²) >= 11 is 0. The summed E-state index contributed by atoms with van der Waals surface area (Å²) in [5.74, 6) is -0.658. The molecule has 14 heavy (non-hydrogen) atoms. The average molecular weight is 197 g/mol. The van der Waals surface area contributed by atoms with Crippen molar-refractivity contribution in [3.05, 3.63) is 35.4 Å². The Morgan fingerprint density at radius 3 is 2.50 bits per heavy atom. The lowest BCUT2D eigenvalue weighted by molar-refractivity contribution is 0.443. The van der Waals surface area contributed by atoms with Crippen molar-refractivity contribution < 1.29 is 8.78 Å². The second kappa shape index (κ2) is 4.05. The lowest BCUT2D eigenvalue weighted by Crippen LogP contribution is -2.27. The van der Waals surface area contributed by atoms with Gasteiger partial charge in [-0.25, -0.2) is 8.78 Å². The normalized spacial score (nSPS) is 18.4. The Bertz CT molecular complexity index is 319. The van der Waals surface area contributed by atoms with Crippen molar-refractivity contribution in [2.45, 2.75) is 18.8 Å². The molecular formula is C11H13F2N. The first kappa shape index (κ1) is 9.59. The summed E-state index contributed by atoms with van der Waals surface area (Å²) < 4.78 is 26.0. The molecular weight excluding hydrogens is 184 g/mol. The molecule has 1 heterocycles. The fourth-order valence-corrected chi connectivity index (χ4v) is 1.97. The van der Waals surface area contributed by atoms with Gasteiger partial charge in [0.05, 0.1) is 0 Å². The van der Waals surface area contributed by atoms with Crippen LogP contribution in [0, 0.1) is 11.6 Å². The molecule has 1 aliphatic rings. The van der Waals surface area contributed by atoms with Crippen molar-refractivity contribution in [1.82, 2.24) is 5.32 Å². The highest BCUT2D eigenvalue weighted by Crippen LogP contribution is 2.27. The van der Waals surface area contributed by atoms with E-state index in [-0.39, 0.29) is 5.92 Å². The predicted octanol–water partition coefficient (Wildman–Crippen LogP) is 2.43. The van der Waals surface area contributed by atoms with Crippen molar-refractivity contribution in [2.24, 2.45) is 0 Å². The summed E-state index contributed by atoms with van der Waals surface area (Å²) in [7, 11) is 0. The van der Waals surface area contributed by atoms with E-state index in [9.17, 15) is 8.78 Å². The molecule has 0 spiro atoms. The summed E-state index contributed by atoms with van der Waals surface area (Å²) in [6, 6.07) is 3.87. The van der Waals surface area contributed by atoms with E-state index in [2.05, 4.69) is 5.32 Å². The highest BCUT2D eigenvalue weighted by molar-refractivity contribution is 5.23. The molecule has 0 aromatic heterocycles. The zero-order chi connectivity index (χ0) is 9.97. The second-order valence-electron chi connectivity index (χ2n) is 3.69. The Morgan fingerprint density at radius 1 is 1.14 bits per heavy atom. The van der Waals surface area contributed by atoms with Gasteiger partial charge in [0, 0.05) is 6.07 Å². The molecule has 1 aromatic rings. The summed E-state index contributed by atoms with van der Waals surface area (Å²) in [5.41, 5.74) is 0.660. The Balaban J connectivity index is 2.22. The molecule has 0 radical (unpaired) electrons. The Labute approximate surface area is 82.1 Å². The van der Waals surface area contributed by atoms with Crippen molar-refractivity contribution in [2.75, 3.05) is 13.1 Å². The number of nitrogens with one attached hydrogen (secondary N) is 1. The summed E-state index contributed by atoms with van der Waals surface area (Å²) in [5, 5.41) is 3.22. The van der Waals surface area contributed by atoms with Crippen LogP contribution in [0.5, 0.6) is 0 Å². The smallest absolute Gasteiger partial charge is 0.129 e. The van der Waals surface area contributed by atoms with Crippen LogP contribution < -0.4 is 5.32 Å². The molecule has 2 rings (SSSR count). The Morgan fingerprint density at radius 2 is 1.86 bits per heavy atom. The number of benzene rings is 1. The molecule has 1 aromatic carbocycles. The standard InChI is InChI=1S/C11H13F2N/c12-9-1-2-10(11(13)7-9)8-3-5-14-6-4-8/h1-2,7-8,14H,3-6H2. The van der Waals surface area contributed by atoms with Crippen LogP contribution in [-0.4, -0.2) is 13.1 Å². The molecule has 76 valence electrons. The maximum Gasteiger partial charge on any atom is 0.129 e. The first-order valence-electron chi connectivity index (χ1n) is 4.93. The number of piperidine rings is 1. The van der Waals surface area contributed by atoms with Crippen LogP contribution in [0.2, 0.25) is 0 Å². The number of hydrogen-bond acceptors (Lipinski definition) is 1. The van der Waals surface area contributed by atoms with Gasteiger partial charge in [0.25, 0.3) is 0 Å². The lowest BCUT2D eigenvalue weighted by atomic mass is 9.90. The van der Waals surface area contributed by atoms with Crippen LogP contribution in [0.15, 0.2) is 18.2 Å². The molecule has 1 nitrogen and oxygen atoms in total. The molecule has 0 aliphatic carbocycles. The summed E-state index contributed by atoms with van der Waals surface area (Å²) in [6.07, 6.45) is 1.87. The molecule has 0 bridgehead atoms. The molecule has 0 amide bonds. The van der Waals surface area contributed by atoms with E-state index in [0.29, 0.717) is 5.56 Å². The Kier molecular flexibility index (Phi) is 2.77. The number of hydrogen-bond donors (Lipinski definition) is 1. The van der Waals surface area contributed by atoms with Crippen molar-refractivity contribution >= 4 is 0 Å². The lowest BCUT2D eigenvalue weighted by Gasteiger charge is -2.23.